The number of thiophene rings is 1. The molecule has 1 heterocycles. The highest BCUT2D eigenvalue weighted by Crippen LogP contribution is 2.36. The van der Waals surface area contributed by atoms with E-state index in [-0.39, 0.29) is 0 Å². The second kappa shape index (κ2) is 5.28. The Bertz CT molecular complexity index is 995. The van der Waals surface area contributed by atoms with Gasteiger partial charge < -0.3 is 5.11 Å². The lowest BCUT2D eigenvalue weighted by molar-refractivity contribution is 0.483. The predicted octanol–water partition coefficient (Wildman–Crippen LogP) is 5.51. The number of aliphatic imine (C=N–C) groups is 1. The van der Waals surface area contributed by atoms with Crippen molar-refractivity contribution in [3.8, 4) is 5.75 Å². The maximum atomic E-state index is 10.3. The van der Waals surface area contributed by atoms with E-state index in [1.54, 1.807) is 17.6 Å². The molecule has 0 radical (unpaired) electrons. The first-order valence-electron chi connectivity index (χ1n) is 7.05. The quantitative estimate of drug-likeness (QED) is 0.486. The van der Waals surface area contributed by atoms with E-state index in [2.05, 4.69) is 23.2 Å². The third-order valence-corrected chi connectivity index (χ3v) is 4.78. The van der Waals surface area contributed by atoms with Crippen molar-refractivity contribution in [3.63, 3.8) is 0 Å². The highest BCUT2D eigenvalue weighted by atomic mass is 32.1. The van der Waals surface area contributed by atoms with E-state index in [0.717, 1.165) is 31.4 Å². The predicted molar refractivity (Wildman–Crippen MR) is 94.7 cm³/mol. The third kappa shape index (κ3) is 2.16. The molecule has 2 nitrogen and oxygen atoms in total. The van der Waals surface area contributed by atoms with Crippen LogP contribution >= 0.6 is 11.3 Å². The molecule has 22 heavy (non-hydrogen) atoms. The molecular weight excluding hydrogens is 290 g/mol. The van der Waals surface area contributed by atoms with Crippen LogP contribution in [0.3, 0.4) is 0 Å². The standard InChI is InChI=1S/C19H13NOS/c21-19-15-9-3-4-11-17(15)22-18(19)12-20-16-10-5-7-13-6-1-2-8-14(13)16/h1-12,21H. The Morgan fingerprint density at radius 3 is 2.41 bits per heavy atom. The number of rotatable bonds is 2. The van der Waals surface area contributed by atoms with Gasteiger partial charge >= 0.3 is 0 Å². The number of aromatic hydroxyl groups is 1. The summed E-state index contributed by atoms with van der Waals surface area (Å²) in [6.45, 7) is 0. The number of hydrogen-bond acceptors (Lipinski definition) is 3. The molecule has 4 rings (SSSR count). The topological polar surface area (TPSA) is 32.6 Å². The van der Waals surface area contributed by atoms with Crippen molar-refractivity contribution in [2.24, 2.45) is 4.99 Å². The van der Waals surface area contributed by atoms with Crippen LogP contribution in [0.2, 0.25) is 0 Å². The average molecular weight is 303 g/mol. The Hall–Kier alpha value is -2.65. The summed E-state index contributed by atoms with van der Waals surface area (Å²) < 4.78 is 1.07. The first kappa shape index (κ1) is 13.0. The first-order chi connectivity index (χ1) is 10.8. The number of fused-ring (bicyclic) bond motifs is 2. The van der Waals surface area contributed by atoms with Crippen LogP contribution < -0.4 is 0 Å². The van der Waals surface area contributed by atoms with Crippen LogP contribution in [-0.4, -0.2) is 11.3 Å². The van der Waals surface area contributed by atoms with Gasteiger partial charge in [0.05, 0.1) is 10.6 Å². The molecule has 0 aliphatic carbocycles. The van der Waals surface area contributed by atoms with Gasteiger partial charge in [-0.3, -0.25) is 4.99 Å². The lowest BCUT2D eigenvalue weighted by Gasteiger charge is -2.00. The van der Waals surface area contributed by atoms with Crippen LogP contribution in [0, 0.1) is 0 Å². The minimum atomic E-state index is 0.310. The van der Waals surface area contributed by atoms with Crippen molar-refractivity contribution in [2.75, 3.05) is 0 Å². The smallest absolute Gasteiger partial charge is 0.142 e. The van der Waals surface area contributed by atoms with E-state index in [1.165, 1.54) is 0 Å². The summed E-state index contributed by atoms with van der Waals surface area (Å²) in [5.41, 5.74) is 0.912. The number of hydrogen-bond donors (Lipinski definition) is 1. The molecule has 106 valence electrons. The fourth-order valence-corrected chi connectivity index (χ4v) is 3.56. The van der Waals surface area contributed by atoms with E-state index >= 15 is 0 Å². The molecule has 0 spiro atoms. The number of benzene rings is 3. The Morgan fingerprint density at radius 2 is 1.55 bits per heavy atom. The molecule has 1 aromatic heterocycles. The minimum Gasteiger partial charge on any atom is -0.506 e. The Kier molecular flexibility index (Phi) is 3.13. The maximum absolute atomic E-state index is 10.3. The molecular formula is C19H13NOS. The molecule has 0 bridgehead atoms. The van der Waals surface area contributed by atoms with E-state index in [4.69, 9.17) is 0 Å². The Labute approximate surface area is 132 Å². The molecule has 3 heteroatoms. The molecule has 3 aromatic carbocycles. The van der Waals surface area contributed by atoms with Crippen LogP contribution in [0.5, 0.6) is 5.75 Å². The van der Waals surface area contributed by atoms with Crippen LogP contribution in [-0.2, 0) is 0 Å². The lowest BCUT2D eigenvalue weighted by atomic mass is 10.1. The second-order valence-corrected chi connectivity index (χ2v) is 6.15. The lowest BCUT2D eigenvalue weighted by Crippen LogP contribution is -1.76. The molecule has 0 aliphatic heterocycles. The third-order valence-electron chi connectivity index (χ3n) is 3.68. The van der Waals surface area contributed by atoms with Gasteiger partial charge in [0.15, 0.2) is 0 Å². The van der Waals surface area contributed by atoms with E-state index in [1.807, 2.05) is 48.5 Å². The van der Waals surface area contributed by atoms with Crippen LogP contribution in [0.1, 0.15) is 4.88 Å². The molecule has 1 N–H and O–H groups in total. The van der Waals surface area contributed by atoms with Gasteiger partial charge in [-0.2, -0.15) is 0 Å². The van der Waals surface area contributed by atoms with Crippen LogP contribution in [0.15, 0.2) is 71.7 Å². The summed E-state index contributed by atoms with van der Waals surface area (Å²) in [6, 6.07) is 22.1. The summed E-state index contributed by atoms with van der Waals surface area (Å²) in [7, 11) is 0. The Morgan fingerprint density at radius 1 is 0.818 bits per heavy atom. The van der Waals surface area contributed by atoms with Crippen molar-refractivity contribution in [2.45, 2.75) is 0 Å². The fraction of sp³-hybridized carbons (Fsp3) is 0. The molecule has 0 saturated heterocycles. The highest BCUT2D eigenvalue weighted by Gasteiger charge is 2.08. The summed E-state index contributed by atoms with van der Waals surface area (Å²) in [5, 5.41) is 13.5. The van der Waals surface area contributed by atoms with Crippen molar-refractivity contribution >= 4 is 44.1 Å². The van der Waals surface area contributed by atoms with Crippen molar-refractivity contribution < 1.29 is 5.11 Å². The van der Waals surface area contributed by atoms with Gasteiger partial charge in [0.1, 0.15) is 5.75 Å². The summed E-state index contributed by atoms with van der Waals surface area (Å²) in [5.74, 6) is 0.310. The highest BCUT2D eigenvalue weighted by molar-refractivity contribution is 7.21. The van der Waals surface area contributed by atoms with Gasteiger partial charge in [0.2, 0.25) is 0 Å². The molecule has 0 fully saturated rings. The van der Waals surface area contributed by atoms with Gasteiger partial charge in [0.25, 0.3) is 0 Å². The number of nitrogens with zero attached hydrogens (tertiary/aromatic N) is 1. The van der Waals surface area contributed by atoms with Crippen molar-refractivity contribution in [1.29, 1.82) is 0 Å². The van der Waals surface area contributed by atoms with E-state index in [0.29, 0.717) is 5.75 Å². The van der Waals surface area contributed by atoms with Gasteiger partial charge in [-0.1, -0.05) is 48.5 Å². The minimum absolute atomic E-state index is 0.310. The van der Waals surface area contributed by atoms with Crippen molar-refractivity contribution in [3.05, 3.63) is 71.6 Å². The second-order valence-electron chi connectivity index (χ2n) is 5.07. The van der Waals surface area contributed by atoms with Crippen LogP contribution in [0.4, 0.5) is 5.69 Å². The van der Waals surface area contributed by atoms with Gasteiger partial charge in [-0.05, 0) is 23.6 Å². The summed E-state index contributed by atoms with van der Waals surface area (Å²) >= 11 is 1.55. The van der Waals surface area contributed by atoms with E-state index in [9.17, 15) is 5.11 Å². The zero-order valence-electron chi connectivity index (χ0n) is 11.7. The molecule has 0 amide bonds. The molecule has 0 unspecified atom stereocenters. The van der Waals surface area contributed by atoms with Crippen molar-refractivity contribution in [1.82, 2.24) is 0 Å². The zero-order valence-corrected chi connectivity index (χ0v) is 12.5. The largest absolute Gasteiger partial charge is 0.506 e. The van der Waals surface area contributed by atoms with Gasteiger partial charge in [-0.15, -0.1) is 11.3 Å². The summed E-state index contributed by atoms with van der Waals surface area (Å²) in [4.78, 5) is 5.37. The fourth-order valence-electron chi connectivity index (χ4n) is 2.59. The SMILES string of the molecule is Oc1c(C=Nc2cccc3ccccc23)sc2ccccc12. The van der Waals surface area contributed by atoms with E-state index < -0.39 is 0 Å². The molecule has 0 saturated carbocycles. The normalized spacial score (nSPS) is 11.6. The maximum Gasteiger partial charge on any atom is 0.142 e. The van der Waals surface area contributed by atoms with Gasteiger partial charge in [0, 0.05) is 21.7 Å². The molecule has 4 aromatic rings. The van der Waals surface area contributed by atoms with Crippen LogP contribution in [0.25, 0.3) is 20.9 Å². The van der Waals surface area contributed by atoms with Gasteiger partial charge in [-0.25, -0.2) is 0 Å². The zero-order chi connectivity index (χ0) is 14.9. The molecule has 0 aliphatic rings. The Balaban J connectivity index is 1.81. The first-order valence-corrected chi connectivity index (χ1v) is 7.87. The monoisotopic (exact) mass is 303 g/mol. The molecule has 0 atom stereocenters. The average Bonchev–Trinajstić information content (AvgIpc) is 2.89. The summed E-state index contributed by atoms with van der Waals surface area (Å²) in [6.07, 6.45) is 1.75.